The highest BCUT2D eigenvalue weighted by molar-refractivity contribution is 7.89. The van der Waals surface area contributed by atoms with Crippen LogP contribution >= 0.6 is 0 Å². The molecule has 0 heterocycles. The third kappa shape index (κ3) is 3.29. The average Bonchev–Trinajstić information content (AvgIpc) is 2.56. The molecule has 3 aromatic rings. The lowest BCUT2D eigenvalue weighted by Crippen LogP contribution is -2.27. The van der Waals surface area contributed by atoms with Crippen LogP contribution in [0.3, 0.4) is 0 Å². The molecule has 1 N–H and O–H groups in total. The summed E-state index contributed by atoms with van der Waals surface area (Å²) >= 11 is 0. The van der Waals surface area contributed by atoms with Gasteiger partial charge in [-0.2, -0.15) is 0 Å². The summed E-state index contributed by atoms with van der Waals surface area (Å²) in [4.78, 5) is 0.121. The molecule has 0 radical (unpaired) electrons. The van der Waals surface area contributed by atoms with Crippen molar-refractivity contribution in [3.8, 4) is 0 Å². The predicted octanol–water partition coefficient (Wildman–Crippen LogP) is 4.16. The molecule has 24 heavy (non-hydrogen) atoms. The van der Waals surface area contributed by atoms with Gasteiger partial charge in [-0.1, -0.05) is 36.4 Å². The summed E-state index contributed by atoms with van der Waals surface area (Å²) in [5.41, 5.74) is 0.346. The second-order valence-electron chi connectivity index (χ2n) is 5.53. The van der Waals surface area contributed by atoms with Gasteiger partial charge in [-0.05, 0) is 47.5 Å². The zero-order valence-corrected chi connectivity index (χ0v) is 13.6. The van der Waals surface area contributed by atoms with Crippen LogP contribution in [0.1, 0.15) is 18.5 Å². The normalized spacial score (nSPS) is 13.1. The van der Waals surface area contributed by atoms with Crippen LogP contribution in [0, 0.1) is 11.6 Å². The first-order valence-corrected chi connectivity index (χ1v) is 8.81. The molecule has 0 spiro atoms. The van der Waals surface area contributed by atoms with Gasteiger partial charge in [0.05, 0.1) is 4.90 Å². The summed E-state index contributed by atoms with van der Waals surface area (Å²) in [5.74, 6) is -1.98. The van der Waals surface area contributed by atoms with E-state index in [1.165, 1.54) is 12.1 Å². The molecule has 6 heteroatoms. The van der Waals surface area contributed by atoms with E-state index in [1.54, 1.807) is 19.1 Å². The van der Waals surface area contributed by atoms with Crippen LogP contribution in [0.25, 0.3) is 10.8 Å². The molecular weight excluding hydrogens is 332 g/mol. The van der Waals surface area contributed by atoms with E-state index >= 15 is 0 Å². The molecule has 1 unspecified atom stereocenters. The van der Waals surface area contributed by atoms with Crippen LogP contribution in [0.2, 0.25) is 0 Å². The lowest BCUT2D eigenvalue weighted by Gasteiger charge is -2.15. The predicted molar refractivity (Wildman–Crippen MR) is 89.0 cm³/mol. The van der Waals surface area contributed by atoms with Gasteiger partial charge in [-0.25, -0.2) is 21.9 Å². The van der Waals surface area contributed by atoms with Crippen molar-refractivity contribution in [2.24, 2.45) is 0 Å². The molecule has 0 fully saturated rings. The third-order valence-corrected chi connectivity index (χ3v) is 5.35. The van der Waals surface area contributed by atoms with E-state index in [0.29, 0.717) is 5.56 Å². The van der Waals surface area contributed by atoms with Crippen LogP contribution in [0.5, 0.6) is 0 Å². The van der Waals surface area contributed by atoms with E-state index in [2.05, 4.69) is 4.72 Å². The number of hydrogen-bond acceptors (Lipinski definition) is 2. The molecule has 3 nitrogen and oxygen atoms in total. The molecule has 0 bridgehead atoms. The van der Waals surface area contributed by atoms with Gasteiger partial charge in [0.25, 0.3) is 0 Å². The number of fused-ring (bicyclic) bond motifs is 1. The quantitative estimate of drug-likeness (QED) is 0.770. The Morgan fingerprint density at radius 1 is 0.875 bits per heavy atom. The number of nitrogens with one attached hydrogen (secondary N) is 1. The minimum Gasteiger partial charge on any atom is -0.207 e. The first kappa shape index (κ1) is 16.5. The van der Waals surface area contributed by atoms with Crippen LogP contribution in [-0.4, -0.2) is 8.42 Å². The van der Waals surface area contributed by atoms with E-state index < -0.39 is 27.7 Å². The van der Waals surface area contributed by atoms with Crippen molar-refractivity contribution in [1.82, 2.24) is 4.72 Å². The second-order valence-corrected chi connectivity index (χ2v) is 7.24. The molecule has 0 amide bonds. The molecule has 3 aromatic carbocycles. The van der Waals surface area contributed by atoms with Gasteiger partial charge in [-0.3, -0.25) is 0 Å². The van der Waals surface area contributed by atoms with E-state index in [1.807, 2.05) is 24.3 Å². The third-order valence-electron chi connectivity index (χ3n) is 3.81. The van der Waals surface area contributed by atoms with Crippen molar-refractivity contribution in [1.29, 1.82) is 0 Å². The minimum atomic E-state index is -3.79. The van der Waals surface area contributed by atoms with Crippen molar-refractivity contribution in [3.05, 3.63) is 77.9 Å². The molecule has 0 aromatic heterocycles. The van der Waals surface area contributed by atoms with Gasteiger partial charge in [0.2, 0.25) is 10.0 Å². The van der Waals surface area contributed by atoms with Gasteiger partial charge in [0.1, 0.15) is 0 Å². The van der Waals surface area contributed by atoms with Gasteiger partial charge >= 0.3 is 0 Å². The molecule has 3 rings (SSSR count). The SMILES string of the molecule is CC(NS(=O)(=O)c1ccc2ccccc2c1)c1ccc(F)c(F)c1. The molecule has 0 saturated heterocycles. The van der Waals surface area contributed by atoms with Crippen LogP contribution in [0.15, 0.2) is 65.6 Å². The average molecular weight is 347 g/mol. The maximum atomic E-state index is 13.3. The highest BCUT2D eigenvalue weighted by Crippen LogP contribution is 2.22. The number of halogens is 2. The van der Waals surface area contributed by atoms with Crippen molar-refractivity contribution >= 4 is 20.8 Å². The van der Waals surface area contributed by atoms with E-state index in [-0.39, 0.29) is 4.90 Å². The van der Waals surface area contributed by atoms with Gasteiger partial charge in [-0.15, -0.1) is 0 Å². The van der Waals surface area contributed by atoms with Gasteiger partial charge in [0, 0.05) is 6.04 Å². The summed E-state index contributed by atoms with van der Waals surface area (Å²) in [6.45, 7) is 1.57. The topological polar surface area (TPSA) is 46.2 Å². The summed E-state index contributed by atoms with van der Waals surface area (Å²) in [6.07, 6.45) is 0. The number of rotatable bonds is 4. The largest absolute Gasteiger partial charge is 0.241 e. The minimum absolute atomic E-state index is 0.121. The first-order chi connectivity index (χ1) is 11.4. The maximum absolute atomic E-state index is 13.3. The summed E-state index contributed by atoms with van der Waals surface area (Å²) in [5, 5.41) is 1.74. The Balaban J connectivity index is 1.90. The Labute approximate surface area is 139 Å². The number of benzene rings is 3. The summed E-state index contributed by atoms with van der Waals surface area (Å²) in [7, 11) is -3.79. The Hall–Kier alpha value is -2.31. The summed E-state index contributed by atoms with van der Waals surface area (Å²) < 4.78 is 53.9. The highest BCUT2D eigenvalue weighted by Gasteiger charge is 2.19. The fourth-order valence-corrected chi connectivity index (χ4v) is 3.75. The molecule has 0 aliphatic heterocycles. The molecule has 124 valence electrons. The molecule has 1 atom stereocenters. The summed E-state index contributed by atoms with van der Waals surface area (Å²) in [6, 6.07) is 14.9. The smallest absolute Gasteiger partial charge is 0.207 e. The maximum Gasteiger partial charge on any atom is 0.241 e. The van der Waals surface area contributed by atoms with E-state index in [4.69, 9.17) is 0 Å². The van der Waals surface area contributed by atoms with Crippen molar-refractivity contribution in [3.63, 3.8) is 0 Å². The van der Waals surface area contributed by atoms with Crippen molar-refractivity contribution in [2.75, 3.05) is 0 Å². The van der Waals surface area contributed by atoms with Crippen LogP contribution < -0.4 is 4.72 Å². The van der Waals surface area contributed by atoms with Crippen LogP contribution in [0.4, 0.5) is 8.78 Å². The Bertz CT molecular complexity index is 1000. The fraction of sp³-hybridized carbons (Fsp3) is 0.111. The highest BCUT2D eigenvalue weighted by atomic mass is 32.2. The van der Waals surface area contributed by atoms with E-state index in [0.717, 1.165) is 22.9 Å². The zero-order valence-electron chi connectivity index (χ0n) is 12.8. The van der Waals surface area contributed by atoms with Crippen molar-refractivity contribution in [2.45, 2.75) is 17.9 Å². The molecule has 0 saturated carbocycles. The Morgan fingerprint density at radius 2 is 1.58 bits per heavy atom. The van der Waals surface area contributed by atoms with Gasteiger partial charge < -0.3 is 0 Å². The van der Waals surface area contributed by atoms with Crippen molar-refractivity contribution < 1.29 is 17.2 Å². The standard InChI is InChI=1S/C18H15F2NO2S/c1-12(14-7-9-17(19)18(20)11-14)21-24(22,23)16-8-6-13-4-2-3-5-15(13)10-16/h2-12,21H,1H3. The number of sulfonamides is 1. The molecule has 0 aliphatic rings. The Morgan fingerprint density at radius 3 is 2.29 bits per heavy atom. The molecule has 0 aliphatic carbocycles. The lowest BCUT2D eigenvalue weighted by atomic mass is 10.1. The van der Waals surface area contributed by atoms with Crippen LogP contribution in [-0.2, 0) is 10.0 Å². The number of hydrogen-bond donors (Lipinski definition) is 1. The molecular formula is C18H15F2NO2S. The van der Waals surface area contributed by atoms with Gasteiger partial charge in [0.15, 0.2) is 11.6 Å². The van der Waals surface area contributed by atoms with E-state index in [9.17, 15) is 17.2 Å². The lowest BCUT2D eigenvalue weighted by molar-refractivity contribution is 0.504. The second kappa shape index (κ2) is 6.30. The zero-order chi connectivity index (χ0) is 17.3. The monoisotopic (exact) mass is 347 g/mol. The fourth-order valence-electron chi connectivity index (χ4n) is 2.49. The Kier molecular flexibility index (Phi) is 4.34. The first-order valence-electron chi connectivity index (χ1n) is 7.33.